The molecule has 2 N–H and O–H groups in total. The van der Waals surface area contributed by atoms with Crippen LogP contribution >= 0.6 is 0 Å². The Balaban J connectivity index is 1.33. The number of likely N-dealkylation sites (tertiary alicyclic amines) is 1. The topological polar surface area (TPSA) is 100 Å². The summed E-state index contributed by atoms with van der Waals surface area (Å²) in [5.74, 6) is 2.04. The number of piperidine rings is 1. The SMILES string of the molecule is COc1ccc(C(c2c(C)cccc2C)N(C(=O)O)c2ccnc(Nc3ccc(OCCCN4CCCCC4)cc3)n2)cc1. The molecule has 1 fully saturated rings. The van der Waals surface area contributed by atoms with Crippen molar-refractivity contribution in [3.8, 4) is 11.5 Å². The van der Waals surface area contributed by atoms with Crippen molar-refractivity contribution in [3.05, 3.63) is 101 Å². The molecule has 2 heterocycles. The van der Waals surface area contributed by atoms with Crippen molar-refractivity contribution in [2.75, 3.05) is 43.6 Å². The molecule has 9 heteroatoms. The van der Waals surface area contributed by atoms with Crippen LogP contribution in [-0.4, -0.2) is 59.4 Å². The average molecular weight is 596 g/mol. The van der Waals surface area contributed by atoms with E-state index in [0.29, 0.717) is 18.3 Å². The van der Waals surface area contributed by atoms with E-state index in [2.05, 4.69) is 20.2 Å². The fourth-order valence-electron chi connectivity index (χ4n) is 5.80. The summed E-state index contributed by atoms with van der Waals surface area (Å²) in [6.45, 7) is 8.13. The van der Waals surface area contributed by atoms with E-state index in [1.165, 1.54) is 37.3 Å². The number of benzene rings is 3. The molecule has 1 aliphatic rings. The van der Waals surface area contributed by atoms with E-state index in [1.807, 2.05) is 80.6 Å². The Kier molecular flexibility index (Phi) is 10.3. The number of ether oxygens (including phenoxy) is 2. The molecular formula is C35H41N5O4. The molecule has 44 heavy (non-hydrogen) atoms. The van der Waals surface area contributed by atoms with Gasteiger partial charge in [-0.3, -0.25) is 0 Å². The Morgan fingerprint density at radius 1 is 0.955 bits per heavy atom. The molecule has 1 aromatic heterocycles. The van der Waals surface area contributed by atoms with Crippen LogP contribution in [0.5, 0.6) is 11.5 Å². The van der Waals surface area contributed by atoms with E-state index in [-0.39, 0.29) is 5.82 Å². The van der Waals surface area contributed by atoms with E-state index >= 15 is 0 Å². The Bertz CT molecular complexity index is 1500. The summed E-state index contributed by atoms with van der Waals surface area (Å²) < 4.78 is 11.3. The first-order chi connectivity index (χ1) is 21.4. The molecule has 0 radical (unpaired) electrons. The van der Waals surface area contributed by atoms with Crippen molar-refractivity contribution < 1.29 is 19.4 Å². The van der Waals surface area contributed by atoms with Crippen LogP contribution in [0.4, 0.5) is 22.2 Å². The Labute approximate surface area is 259 Å². The number of hydrogen-bond donors (Lipinski definition) is 2. The number of carboxylic acid groups (broad SMARTS) is 1. The fourth-order valence-corrected chi connectivity index (χ4v) is 5.80. The third kappa shape index (κ3) is 7.65. The lowest BCUT2D eigenvalue weighted by Crippen LogP contribution is -2.36. The summed E-state index contributed by atoms with van der Waals surface area (Å²) in [4.78, 5) is 25.8. The van der Waals surface area contributed by atoms with E-state index in [1.54, 1.807) is 19.4 Å². The molecule has 9 nitrogen and oxygen atoms in total. The first kappa shape index (κ1) is 30.8. The van der Waals surface area contributed by atoms with Gasteiger partial charge in [0.2, 0.25) is 5.95 Å². The number of rotatable bonds is 12. The molecule has 0 spiro atoms. The molecule has 1 aliphatic heterocycles. The second-order valence-electron chi connectivity index (χ2n) is 11.1. The number of hydrogen-bond acceptors (Lipinski definition) is 7. The standard InChI is InChI=1S/C35H41N5O4/c1-25-9-7-10-26(2)32(25)33(27-11-15-29(43-3)16-12-27)40(35(41)42)31-19-20-36-34(38-31)37-28-13-17-30(18-14-28)44-24-8-23-39-21-5-4-6-22-39/h7,9-20,33H,4-6,8,21-24H2,1-3H3,(H,41,42)(H,36,37,38). The maximum absolute atomic E-state index is 12.9. The van der Waals surface area contributed by atoms with Crippen LogP contribution in [0, 0.1) is 13.8 Å². The third-order valence-electron chi connectivity index (χ3n) is 8.05. The van der Waals surface area contributed by atoms with Crippen LogP contribution in [0.3, 0.4) is 0 Å². The maximum atomic E-state index is 12.9. The monoisotopic (exact) mass is 595 g/mol. The highest BCUT2D eigenvalue weighted by atomic mass is 16.5. The van der Waals surface area contributed by atoms with Crippen molar-refractivity contribution in [3.63, 3.8) is 0 Å². The summed E-state index contributed by atoms with van der Waals surface area (Å²) in [5.41, 5.74) is 4.44. The molecule has 1 saturated heterocycles. The molecule has 1 amide bonds. The van der Waals surface area contributed by atoms with Gasteiger partial charge in [0, 0.05) is 18.4 Å². The van der Waals surface area contributed by atoms with Gasteiger partial charge in [0.05, 0.1) is 19.8 Å². The summed E-state index contributed by atoms with van der Waals surface area (Å²) in [7, 11) is 1.61. The number of nitrogens with one attached hydrogen (secondary N) is 1. The first-order valence-corrected chi connectivity index (χ1v) is 15.2. The zero-order valence-electron chi connectivity index (χ0n) is 25.7. The van der Waals surface area contributed by atoms with E-state index in [9.17, 15) is 9.90 Å². The van der Waals surface area contributed by atoms with Crippen LogP contribution in [-0.2, 0) is 0 Å². The predicted octanol–water partition coefficient (Wildman–Crippen LogP) is 7.37. The first-order valence-electron chi connectivity index (χ1n) is 15.2. The molecule has 5 rings (SSSR count). The number of carbonyl (C=O) groups is 1. The summed E-state index contributed by atoms with van der Waals surface area (Å²) in [5, 5.41) is 13.8. The minimum Gasteiger partial charge on any atom is -0.497 e. The molecule has 3 aromatic carbocycles. The van der Waals surface area contributed by atoms with Gasteiger partial charge in [0.15, 0.2) is 0 Å². The highest BCUT2D eigenvalue weighted by molar-refractivity contribution is 5.87. The van der Waals surface area contributed by atoms with Crippen molar-refractivity contribution in [1.82, 2.24) is 14.9 Å². The molecule has 4 aromatic rings. The number of anilines is 3. The molecule has 1 unspecified atom stereocenters. The van der Waals surface area contributed by atoms with Crippen LogP contribution in [0.1, 0.15) is 54.0 Å². The highest BCUT2D eigenvalue weighted by Gasteiger charge is 2.31. The lowest BCUT2D eigenvalue weighted by molar-refractivity contribution is 0.200. The van der Waals surface area contributed by atoms with Crippen molar-refractivity contribution in [2.24, 2.45) is 0 Å². The number of nitrogens with zero attached hydrogens (tertiary/aromatic N) is 4. The molecule has 230 valence electrons. The quantitative estimate of drug-likeness (QED) is 0.164. The highest BCUT2D eigenvalue weighted by Crippen LogP contribution is 2.37. The molecule has 0 saturated carbocycles. The van der Waals surface area contributed by atoms with Gasteiger partial charge in [-0.2, -0.15) is 4.98 Å². The number of amides is 1. The molecule has 0 bridgehead atoms. The van der Waals surface area contributed by atoms with Crippen LogP contribution in [0.15, 0.2) is 79.0 Å². The maximum Gasteiger partial charge on any atom is 0.413 e. The van der Waals surface area contributed by atoms with Crippen molar-refractivity contribution in [1.29, 1.82) is 0 Å². The van der Waals surface area contributed by atoms with Gasteiger partial charge in [-0.05, 0) is 111 Å². The number of aromatic nitrogens is 2. The summed E-state index contributed by atoms with van der Waals surface area (Å²) >= 11 is 0. The lowest BCUT2D eigenvalue weighted by atomic mass is 9.90. The Morgan fingerprint density at radius 3 is 2.30 bits per heavy atom. The predicted molar refractivity (Wildman–Crippen MR) is 173 cm³/mol. The molecule has 0 aliphatic carbocycles. The summed E-state index contributed by atoms with van der Waals surface area (Å²) in [6, 6.07) is 22.0. The van der Waals surface area contributed by atoms with Crippen LogP contribution < -0.4 is 19.7 Å². The van der Waals surface area contributed by atoms with E-state index in [0.717, 1.165) is 46.7 Å². The normalized spacial score (nSPS) is 14.1. The van der Waals surface area contributed by atoms with Crippen LogP contribution in [0.2, 0.25) is 0 Å². The van der Waals surface area contributed by atoms with Gasteiger partial charge in [-0.1, -0.05) is 36.8 Å². The summed E-state index contributed by atoms with van der Waals surface area (Å²) in [6.07, 6.45) is 5.38. The van der Waals surface area contributed by atoms with Gasteiger partial charge >= 0.3 is 6.09 Å². The smallest absolute Gasteiger partial charge is 0.413 e. The average Bonchev–Trinajstić information content (AvgIpc) is 3.04. The van der Waals surface area contributed by atoms with Gasteiger partial charge in [-0.25, -0.2) is 14.7 Å². The van der Waals surface area contributed by atoms with E-state index < -0.39 is 12.1 Å². The minimum absolute atomic E-state index is 0.257. The number of methoxy groups -OCH3 is 1. The van der Waals surface area contributed by atoms with Gasteiger partial charge < -0.3 is 24.8 Å². The molecular weight excluding hydrogens is 554 g/mol. The fraction of sp³-hybridized carbons (Fsp3) is 0.343. The minimum atomic E-state index is -1.13. The van der Waals surface area contributed by atoms with Crippen molar-refractivity contribution in [2.45, 2.75) is 45.6 Å². The van der Waals surface area contributed by atoms with Crippen molar-refractivity contribution >= 4 is 23.5 Å². The zero-order chi connectivity index (χ0) is 30.9. The second-order valence-corrected chi connectivity index (χ2v) is 11.1. The zero-order valence-corrected chi connectivity index (χ0v) is 25.7. The number of aryl methyl sites for hydroxylation is 2. The van der Waals surface area contributed by atoms with Gasteiger partial charge in [0.1, 0.15) is 17.3 Å². The Morgan fingerprint density at radius 2 is 1.64 bits per heavy atom. The van der Waals surface area contributed by atoms with Gasteiger partial charge in [0.25, 0.3) is 0 Å². The largest absolute Gasteiger partial charge is 0.497 e. The molecule has 1 atom stereocenters. The Hall–Kier alpha value is -4.63. The second kappa shape index (κ2) is 14.7. The lowest BCUT2D eigenvalue weighted by Gasteiger charge is -2.31. The third-order valence-corrected chi connectivity index (χ3v) is 8.05. The van der Waals surface area contributed by atoms with E-state index in [4.69, 9.17) is 9.47 Å². The van der Waals surface area contributed by atoms with Crippen LogP contribution in [0.25, 0.3) is 0 Å². The van der Waals surface area contributed by atoms with Gasteiger partial charge in [-0.15, -0.1) is 0 Å².